The molecular formula is C17H26F2N2. The minimum atomic E-state index is -2.36. The van der Waals surface area contributed by atoms with Crippen LogP contribution in [0.5, 0.6) is 0 Å². The van der Waals surface area contributed by atoms with E-state index in [0.29, 0.717) is 13.1 Å². The molecule has 0 amide bonds. The lowest BCUT2D eigenvalue weighted by molar-refractivity contribution is 0.0175. The molecule has 0 aromatic heterocycles. The Morgan fingerprint density at radius 1 is 0.810 bits per heavy atom. The van der Waals surface area contributed by atoms with E-state index in [2.05, 4.69) is 12.2 Å². The molecule has 0 radical (unpaired) electrons. The molecule has 4 heteroatoms. The van der Waals surface area contributed by atoms with Crippen LogP contribution in [0.4, 0.5) is 8.78 Å². The zero-order valence-electron chi connectivity index (χ0n) is 13.7. The van der Waals surface area contributed by atoms with Gasteiger partial charge in [-0.15, -0.1) is 0 Å². The van der Waals surface area contributed by atoms with Crippen molar-refractivity contribution in [3.8, 4) is 0 Å². The highest BCUT2D eigenvalue weighted by atomic mass is 19.3. The molecule has 1 fully saturated rings. The van der Waals surface area contributed by atoms with Crippen molar-refractivity contribution in [3.05, 3.63) is 33.4 Å². The molecular weight excluding hydrogens is 270 g/mol. The van der Waals surface area contributed by atoms with Crippen LogP contribution in [-0.4, -0.2) is 37.5 Å². The molecule has 0 unspecified atom stereocenters. The third-order valence-corrected chi connectivity index (χ3v) is 5.14. The molecule has 21 heavy (non-hydrogen) atoms. The number of hydrogen-bond donors (Lipinski definition) is 1. The van der Waals surface area contributed by atoms with Gasteiger partial charge in [0.15, 0.2) is 0 Å². The second kappa shape index (κ2) is 6.41. The summed E-state index contributed by atoms with van der Waals surface area (Å²) in [5.74, 6) is 0. The quantitative estimate of drug-likeness (QED) is 0.919. The van der Waals surface area contributed by atoms with Gasteiger partial charge in [0.05, 0.1) is 6.04 Å². The molecule has 2 rings (SSSR count). The molecule has 0 aliphatic carbocycles. The van der Waals surface area contributed by atoms with E-state index in [1.165, 1.54) is 5.56 Å². The smallest absolute Gasteiger partial charge is 0.258 e. The zero-order valence-corrected chi connectivity index (χ0v) is 13.7. The van der Waals surface area contributed by atoms with Crippen molar-refractivity contribution >= 4 is 0 Å². The molecule has 2 nitrogen and oxygen atoms in total. The zero-order chi connectivity index (χ0) is 15.7. The van der Waals surface area contributed by atoms with E-state index >= 15 is 0 Å². The first kappa shape index (κ1) is 16.4. The molecule has 1 aromatic rings. The lowest BCUT2D eigenvalue weighted by Crippen LogP contribution is -2.47. The van der Waals surface area contributed by atoms with Gasteiger partial charge in [-0.3, -0.25) is 4.90 Å². The van der Waals surface area contributed by atoms with E-state index < -0.39 is 12.5 Å². The fraction of sp³-hybridized carbons (Fsp3) is 0.647. The number of piperazine rings is 1. The summed E-state index contributed by atoms with van der Waals surface area (Å²) in [5.41, 5.74) is 6.41. The first-order chi connectivity index (χ1) is 9.86. The van der Waals surface area contributed by atoms with Gasteiger partial charge in [0.2, 0.25) is 0 Å². The van der Waals surface area contributed by atoms with Crippen LogP contribution in [0.3, 0.4) is 0 Å². The summed E-state index contributed by atoms with van der Waals surface area (Å²) in [6.45, 7) is 13.1. The second-order valence-electron chi connectivity index (χ2n) is 6.10. The van der Waals surface area contributed by atoms with Gasteiger partial charge in [-0.25, -0.2) is 8.78 Å². The van der Waals surface area contributed by atoms with Crippen molar-refractivity contribution in [1.29, 1.82) is 0 Å². The molecule has 0 spiro atoms. The van der Waals surface area contributed by atoms with Gasteiger partial charge < -0.3 is 5.32 Å². The average molecular weight is 296 g/mol. The van der Waals surface area contributed by atoms with Crippen molar-refractivity contribution in [2.75, 3.05) is 26.2 Å². The van der Waals surface area contributed by atoms with E-state index in [4.69, 9.17) is 0 Å². The summed E-state index contributed by atoms with van der Waals surface area (Å²) >= 11 is 0. The van der Waals surface area contributed by atoms with Crippen LogP contribution in [0.1, 0.15) is 39.4 Å². The normalized spacial score (nSPS) is 18.3. The second-order valence-corrected chi connectivity index (χ2v) is 6.10. The number of alkyl halides is 2. The molecule has 1 N–H and O–H groups in total. The van der Waals surface area contributed by atoms with E-state index in [1.807, 2.05) is 32.6 Å². The van der Waals surface area contributed by atoms with E-state index in [0.717, 1.165) is 40.9 Å². The van der Waals surface area contributed by atoms with Gasteiger partial charge in [-0.2, -0.15) is 0 Å². The largest absolute Gasteiger partial charge is 0.314 e. The Hall–Kier alpha value is -1.00. The van der Waals surface area contributed by atoms with Crippen molar-refractivity contribution in [2.24, 2.45) is 0 Å². The van der Waals surface area contributed by atoms with E-state index in [-0.39, 0.29) is 0 Å². The minimum Gasteiger partial charge on any atom is -0.314 e. The predicted octanol–water partition coefficient (Wildman–Crippen LogP) is 3.44. The number of halogens is 2. The van der Waals surface area contributed by atoms with Crippen LogP contribution in [0.2, 0.25) is 0 Å². The summed E-state index contributed by atoms with van der Waals surface area (Å²) < 4.78 is 27.7. The Labute approximate surface area is 126 Å². The topological polar surface area (TPSA) is 15.3 Å². The van der Waals surface area contributed by atoms with Crippen LogP contribution in [-0.2, 0) is 0 Å². The number of nitrogens with one attached hydrogen (secondary N) is 1. The summed E-state index contributed by atoms with van der Waals surface area (Å²) in [4.78, 5) is 1.94. The van der Waals surface area contributed by atoms with E-state index in [1.54, 1.807) is 0 Å². The average Bonchev–Trinajstić information content (AvgIpc) is 2.48. The van der Waals surface area contributed by atoms with Crippen molar-refractivity contribution < 1.29 is 8.78 Å². The predicted molar refractivity (Wildman–Crippen MR) is 83.3 cm³/mol. The summed E-state index contributed by atoms with van der Waals surface area (Å²) in [5, 5.41) is 3.23. The Balaban J connectivity index is 2.55. The minimum absolute atomic E-state index is 0.680. The Bertz CT molecular complexity index is 491. The molecule has 1 aromatic carbocycles. The fourth-order valence-electron chi connectivity index (χ4n) is 3.40. The SMILES string of the molecule is Cc1c(C)c(C)c([C@@H](C(F)F)N2CCNCC2)c(C)c1C. The highest BCUT2D eigenvalue weighted by molar-refractivity contribution is 5.51. The molecule has 118 valence electrons. The highest BCUT2D eigenvalue weighted by Crippen LogP contribution is 2.36. The summed E-state index contributed by atoms with van der Waals surface area (Å²) in [7, 11) is 0. The molecule has 1 heterocycles. The van der Waals surface area contributed by atoms with Crippen LogP contribution in [0.25, 0.3) is 0 Å². The first-order valence-electron chi connectivity index (χ1n) is 7.66. The number of nitrogens with zero attached hydrogens (tertiary/aromatic N) is 1. The molecule has 1 saturated heterocycles. The molecule has 1 aliphatic rings. The maximum Gasteiger partial charge on any atom is 0.258 e. The van der Waals surface area contributed by atoms with Gasteiger partial charge in [-0.1, -0.05) is 0 Å². The lowest BCUT2D eigenvalue weighted by Gasteiger charge is -2.37. The number of rotatable bonds is 3. The number of benzene rings is 1. The van der Waals surface area contributed by atoms with Crippen molar-refractivity contribution in [3.63, 3.8) is 0 Å². The van der Waals surface area contributed by atoms with Gasteiger partial charge in [0.1, 0.15) is 0 Å². The monoisotopic (exact) mass is 296 g/mol. The van der Waals surface area contributed by atoms with Crippen LogP contribution >= 0.6 is 0 Å². The summed E-state index contributed by atoms with van der Waals surface area (Å²) in [6.07, 6.45) is -2.36. The summed E-state index contributed by atoms with van der Waals surface area (Å²) in [6, 6.07) is -0.787. The Morgan fingerprint density at radius 2 is 1.24 bits per heavy atom. The maximum atomic E-state index is 13.8. The van der Waals surface area contributed by atoms with E-state index in [9.17, 15) is 8.78 Å². The third kappa shape index (κ3) is 2.97. The number of hydrogen-bond acceptors (Lipinski definition) is 2. The van der Waals surface area contributed by atoms with Crippen LogP contribution in [0.15, 0.2) is 0 Å². The van der Waals surface area contributed by atoms with Crippen LogP contribution < -0.4 is 5.32 Å². The first-order valence-corrected chi connectivity index (χ1v) is 7.66. The maximum absolute atomic E-state index is 13.8. The third-order valence-electron chi connectivity index (χ3n) is 5.14. The fourth-order valence-corrected chi connectivity index (χ4v) is 3.40. The molecule has 1 aliphatic heterocycles. The molecule has 0 bridgehead atoms. The Morgan fingerprint density at radius 3 is 1.67 bits per heavy atom. The van der Waals surface area contributed by atoms with Gasteiger partial charge in [-0.05, 0) is 68.0 Å². The lowest BCUT2D eigenvalue weighted by atomic mass is 9.85. The van der Waals surface area contributed by atoms with Crippen molar-refractivity contribution in [1.82, 2.24) is 10.2 Å². The van der Waals surface area contributed by atoms with Crippen molar-refractivity contribution in [2.45, 2.75) is 47.1 Å². The van der Waals surface area contributed by atoms with Crippen LogP contribution in [0, 0.1) is 34.6 Å². The van der Waals surface area contributed by atoms with Gasteiger partial charge in [0, 0.05) is 26.2 Å². The molecule has 1 atom stereocenters. The van der Waals surface area contributed by atoms with Gasteiger partial charge >= 0.3 is 0 Å². The standard InChI is InChI=1S/C17H26F2N2/c1-10-11(2)13(4)15(14(5)12(10)3)16(17(18)19)21-8-6-20-7-9-21/h16-17,20H,6-9H2,1-5H3/t16-/m0/s1. The highest BCUT2D eigenvalue weighted by Gasteiger charge is 2.33. The molecule has 0 saturated carbocycles. The van der Waals surface area contributed by atoms with Gasteiger partial charge in [0.25, 0.3) is 6.43 Å². The Kier molecular flexibility index (Phi) is 4.99.